The van der Waals surface area contributed by atoms with Crippen molar-refractivity contribution in [3.8, 4) is 17.2 Å². The Morgan fingerprint density at radius 1 is 0.844 bits per heavy atom. The lowest BCUT2D eigenvalue weighted by Gasteiger charge is -2.13. The second-order valence-corrected chi connectivity index (χ2v) is 7.85. The zero-order valence-electron chi connectivity index (χ0n) is 17.7. The molecule has 0 saturated carbocycles. The Kier molecular flexibility index (Phi) is 8.27. The monoisotopic (exact) mass is 498 g/mol. The van der Waals surface area contributed by atoms with Crippen molar-refractivity contribution in [2.45, 2.75) is 20.0 Å². The summed E-state index contributed by atoms with van der Waals surface area (Å²) in [6, 6.07) is 20.6. The predicted octanol–water partition coefficient (Wildman–Crippen LogP) is 5.69. The molecule has 0 radical (unpaired) electrons. The molecule has 0 amide bonds. The Balaban J connectivity index is 1.61. The molecule has 6 nitrogen and oxygen atoms in total. The Morgan fingerprint density at radius 2 is 1.56 bits per heavy atom. The summed E-state index contributed by atoms with van der Waals surface area (Å²) < 4.78 is 22.5. The van der Waals surface area contributed by atoms with Gasteiger partial charge in [0.05, 0.1) is 16.1 Å². The Labute approximate surface area is 195 Å². The number of benzene rings is 3. The van der Waals surface area contributed by atoms with Crippen LogP contribution >= 0.6 is 15.9 Å². The molecule has 0 spiro atoms. The zero-order chi connectivity index (χ0) is 22.9. The summed E-state index contributed by atoms with van der Waals surface area (Å²) in [6.07, 6.45) is 0.0000776. The summed E-state index contributed by atoms with van der Waals surface area (Å²) >= 11 is 3.40. The first-order chi connectivity index (χ1) is 15.4. The second kappa shape index (κ2) is 11.3. The molecule has 3 aromatic rings. The molecule has 0 unspecified atom stereocenters. The standard InChI is InChI=1S/C25H23BrO6/c1-17(2)31-23-13-12-18(16-21(23)26)24(27)32-22-11-7-6-10-20(22)25(28)30-15-14-29-19-8-4-3-5-9-19/h3-13,16-17H,14-15H2,1-2H3. The van der Waals surface area contributed by atoms with Crippen LogP contribution < -0.4 is 14.2 Å². The molecule has 0 aliphatic carbocycles. The third-order valence-electron chi connectivity index (χ3n) is 4.17. The maximum Gasteiger partial charge on any atom is 0.343 e. The van der Waals surface area contributed by atoms with Crippen molar-refractivity contribution >= 4 is 27.9 Å². The zero-order valence-corrected chi connectivity index (χ0v) is 19.3. The Hall–Kier alpha value is -3.32. The highest BCUT2D eigenvalue weighted by Crippen LogP contribution is 2.28. The Morgan fingerprint density at radius 3 is 2.28 bits per heavy atom. The average Bonchev–Trinajstić information content (AvgIpc) is 2.78. The van der Waals surface area contributed by atoms with Crippen LogP contribution in [0.25, 0.3) is 0 Å². The first-order valence-corrected chi connectivity index (χ1v) is 10.9. The van der Waals surface area contributed by atoms with E-state index in [9.17, 15) is 9.59 Å². The molecule has 32 heavy (non-hydrogen) atoms. The smallest absolute Gasteiger partial charge is 0.343 e. The molecule has 0 N–H and O–H groups in total. The van der Waals surface area contributed by atoms with E-state index in [1.165, 1.54) is 0 Å². The summed E-state index contributed by atoms with van der Waals surface area (Å²) in [4.78, 5) is 25.1. The number of halogens is 1. The van der Waals surface area contributed by atoms with Gasteiger partial charge in [-0.3, -0.25) is 0 Å². The van der Waals surface area contributed by atoms with Gasteiger partial charge < -0.3 is 18.9 Å². The molecule has 3 aromatic carbocycles. The van der Waals surface area contributed by atoms with Gasteiger partial charge in [-0.15, -0.1) is 0 Å². The number of ether oxygens (including phenoxy) is 4. The van der Waals surface area contributed by atoms with E-state index in [2.05, 4.69) is 15.9 Å². The molecular formula is C25H23BrO6. The number of esters is 2. The quantitative estimate of drug-likeness (QED) is 0.214. The second-order valence-electron chi connectivity index (χ2n) is 6.99. The van der Waals surface area contributed by atoms with Crippen LogP contribution in [0.4, 0.5) is 0 Å². The van der Waals surface area contributed by atoms with Gasteiger partial charge in [0.2, 0.25) is 0 Å². The summed E-state index contributed by atoms with van der Waals surface area (Å²) in [5.41, 5.74) is 0.465. The maximum absolute atomic E-state index is 12.6. The lowest BCUT2D eigenvalue weighted by atomic mass is 10.2. The van der Waals surface area contributed by atoms with Crippen LogP contribution in [-0.4, -0.2) is 31.3 Å². The number of hydrogen-bond acceptors (Lipinski definition) is 6. The van der Waals surface area contributed by atoms with E-state index < -0.39 is 11.9 Å². The number of carbonyl (C=O) groups excluding carboxylic acids is 2. The van der Waals surface area contributed by atoms with Gasteiger partial charge in [0.1, 0.15) is 36.0 Å². The van der Waals surface area contributed by atoms with Crippen LogP contribution in [0.5, 0.6) is 17.2 Å². The molecule has 0 atom stereocenters. The highest BCUT2D eigenvalue weighted by Gasteiger charge is 2.18. The van der Waals surface area contributed by atoms with Crippen molar-refractivity contribution < 1.29 is 28.5 Å². The fourth-order valence-corrected chi connectivity index (χ4v) is 3.22. The molecule has 3 rings (SSSR count). The van der Waals surface area contributed by atoms with Crippen molar-refractivity contribution in [1.29, 1.82) is 0 Å². The molecule has 0 fully saturated rings. The topological polar surface area (TPSA) is 71.1 Å². The van der Waals surface area contributed by atoms with Gasteiger partial charge in [0.25, 0.3) is 0 Å². The third-order valence-corrected chi connectivity index (χ3v) is 4.79. The van der Waals surface area contributed by atoms with Crippen molar-refractivity contribution in [1.82, 2.24) is 0 Å². The van der Waals surface area contributed by atoms with Gasteiger partial charge >= 0.3 is 11.9 Å². The van der Waals surface area contributed by atoms with Crippen molar-refractivity contribution in [2.24, 2.45) is 0 Å². The van der Waals surface area contributed by atoms with Crippen molar-refractivity contribution in [3.63, 3.8) is 0 Å². The molecule has 0 saturated heterocycles. The summed E-state index contributed by atoms with van der Waals surface area (Å²) in [6.45, 7) is 4.09. The number of hydrogen-bond donors (Lipinski definition) is 0. The fourth-order valence-electron chi connectivity index (χ4n) is 2.75. The minimum atomic E-state index is -0.605. The van der Waals surface area contributed by atoms with Crippen LogP contribution in [0.1, 0.15) is 34.6 Å². The van der Waals surface area contributed by atoms with E-state index in [0.717, 1.165) is 0 Å². The van der Waals surface area contributed by atoms with Gasteiger partial charge in [-0.1, -0.05) is 30.3 Å². The van der Waals surface area contributed by atoms with Gasteiger partial charge in [-0.25, -0.2) is 9.59 Å². The molecule has 0 aliphatic rings. The summed E-state index contributed by atoms with van der Waals surface area (Å²) in [7, 11) is 0. The number of carbonyl (C=O) groups is 2. The van der Waals surface area contributed by atoms with E-state index in [4.69, 9.17) is 18.9 Å². The normalized spacial score (nSPS) is 10.5. The molecule has 0 aliphatic heterocycles. The van der Waals surface area contributed by atoms with Crippen LogP contribution in [-0.2, 0) is 4.74 Å². The minimum Gasteiger partial charge on any atom is -0.490 e. The van der Waals surface area contributed by atoms with Crippen molar-refractivity contribution in [2.75, 3.05) is 13.2 Å². The number of rotatable bonds is 9. The van der Waals surface area contributed by atoms with Crippen LogP contribution in [0.15, 0.2) is 77.3 Å². The summed E-state index contributed by atoms with van der Waals surface area (Å²) in [5, 5.41) is 0. The van der Waals surface area contributed by atoms with Crippen LogP contribution in [0, 0.1) is 0 Å². The highest BCUT2D eigenvalue weighted by atomic mass is 79.9. The Bertz CT molecular complexity index is 1070. The SMILES string of the molecule is CC(C)Oc1ccc(C(=O)Oc2ccccc2C(=O)OCCOc2ccccc2)cc1Br. The third kappa shape index (κ3) is 6.59. The average molecular weight is 499 g/mol. The molecule has 0 aromatic heterocycles. The lowest BCUT2D eigenvalue weighted by molar-refractivity contribution is 0.0445. The first kappa shape index (κ1) is 23.3. The first-order valence-electron chi connectivity index (χ1n) is 10.1. The van der Waals surface area contributed by atoms with Gasteiger partial charge in [-0.05, 0) is 72.2 Å². The molecule has 0 heterocycles. The van der Waals surface area contributed by atoms with E-state index in [1.807, 2.05) is 44.2 Å². The minimum absolute atomic E-state index is 0.0000776. The van der Waals surface area contributed by atoms with Gasteiger partial charge in [0.15, 0.2) is 0 Å². The summed E-state index contributed by atoms with van der Waals surface area (Å²) in [5.74, 6) is 0.221. The largest absolute Gasteiger partial charge is 0.490 e. The van der Waals surface area contributed by atoms with E-state index in [0.29, 0.717) is 21.5 Å². The van der Waals surface area contributed by atoms with Gasteiger partial charge in [-0.2, -0.15) is 0 Å². The molecular weight excluding hydrogens is 476 g/mol. The fraction of sp³-hybridized carbons (Fsp3) is 0.200. The van der Waals surface area contributed by atoms with Crippen molar-refractivity contribution in [3.05, 3.63) is 88.4 Å². The van der Waals surface area contributed by atoms with E-state index >= 15 is 0 Å². The maximum atomic E-state index is 12.6. The molecule has 0 bridgehead atoms. The lowest BCUT2D eigenvalue weighted by Crippen LogP contribution is -2.15. The van der Waals surface area contributed by atoms with E-state index in [-0.39, 0.29) is 30.6 Å². The molecule has 7 heteroatoms. The van der Waals surface area contributed by atoms with Crippen LogP contribution in [0.2, 0.25) is 0 Å². The predicted molar refractivity (Wildman–Crippen MR) is 124 cm³/mol. The van der Waals surface area contributed by atoms with Gasteiger partial charge in [0, 0.05) is 0 Å². The number of para-hydroxylation sites is 2. The van der Waals surface area contributed by atoms with Crippen LogP contribution in [0.3, 0.4) is 0 Å². The highest BCUT2D eigenvalue weighted by molar-refractivity contribution is 9.10. The van der Waals surface area contributed by atoms with E-state index in [1.54, 1.807) is 42.5 Å². The molecule has 166 valence electrons.